The maximum atomic E-state index is 12.8. The third-order valence-electron chi connectivity index (χ3n) is 1.39. The Morgan fingerprint density at radius 3 is 2.46 bits per heavy atom. The van der Waals surface area contributed by atoms with E-state index in [1.165, 1.54) is 18.2 Å². The number of ether oxygens (including phenoxy) is 1. The van der Waals surface area contributed by atoms with E-state index >= 15 is 0 Å². The fourth-order valence-electron chi connectivity index (χ4n) is 0.926. The molecule has 0 aliphatic rings. The highest BCUT2D eigenvalue weighted by molar-refractivity contribution is 5.52. The monoisotopic (exact) mass is 183 g/mol. The van der Waals surface area contributed by atoms with E-state index in [1.807, 2.05) is 20.8 Å². The molecule has 0 fully saturated rings. The molecule has 0 saturated carbocycles. The molecule has 72 valence electrons. The first-order chi connectivity index (χ1) is 5.88. The van der Waals surface area contributed by atoms with Gasteiger partial charge in [-0.3, -0.25) is 0 Å². The van der Waals surface area contributed by atoms with Crippen LogP contribution in [0.3, 0.4) is 0 Å². The Morgan fingerprint density at radius 1 is 1.31 bits per heavy atom. The molecular formula is C10H14FNO. The van der Waals surface area contributed by atoms with Crippen LogP contribution in [0.25, 0.3) is 0 Å². The molecule has 0 aliphatic carbocycles. The number of nitrogen functional groups attached to an aromatic ring is 1. The van der Waals surface area contributed by atoms with E-state index in [0.717, 1.165) is 0 Å². The van der Waals surface area contributed by atoms with Gasteiger partial charge in [-0.05, 0) is 32.9 Å². The van der Waals surface area contributed by atoms with Gasteiger partial charge in [0, 0.05) is 6.07 Å². The van der Waals surface area contributed by atoms with Gasteiger partial charge in [0.2, 0.25) is 0 Å². The third kappa shape index (κ3) is 2.93. The van der Waals surface area contributed by atoms with Crippen LogP contribution in [0, 0.1) is 5.82 Å². The molecule has 1 aromatic carbocycles. The highest BCUT2D eigenvalue weighted by Crippen LogP contribution is 2.25. The largest absolute Gasteiger partial charge is 0.486 e. The zero-order valence-electron chi connectivity index (χ0n) is 8.10. The summed E-state index contributed by atoms with van der Waals surface area (Å²) >= 11 is 0. The highest BCUT2D eigenvalue weighted by Gasteiger charge is 2.13. The Kier molecular flexibility index (Phi) is 2.45. The maximum absolute atomic E-state index is 12.8. The molecule has 1 rings (SSSR count). The number of hydrogen-bond donors (Lipinski definition) is 1. The lowest BCUT2D eigenvalue weighted by Crippen LogP contribution is -2.23. The van der Waals surface area contributed by atoms with E-state index in [1.54, 1.807) is 0 Å². The molecule has 0 aliphatic heterocycles. The lowest BCUT2D eigenvalue weighted by atomic mass is 10.2. The lowest BCUT2D eigenvalue weighted by Gasteiger charge is -2.22. The first-order valence-electron chi connectivity index (χ1n) is 4.12. The number of rotatable bonds is 1. The molecular weight excluding hydrogens is 169 g/mol. The minimum Gasteiger partial charge on any atom is -0.486 e. The highest BCUT2D eigenvalue weighted by atomic mass is 19.1. The van der Waals surface area contributed by atoms with Crippen molar-refractivity contribution in [2.75, 3.05) is 5.73 Å². The third-order valence-corrected chi connectivity index (χ3v) is 1.39. The summed E-state index contributed by atoms with van der Waals surface area (Å²) in [6, 6.07) is 4.10. The van der Waals surface area contributed by atoms with Crippen LogP contribution in [0.5, 0.6) is 5.75 Å². The molecule has 0 bridgehead atoms. The molecule has 0 saturated heterocycles. The van der Waals surface area contributed by atoms with Gasteiger partial charge in [-0.1, -0.05) is 0 Å². The summed E-state index contributed by atoms with van der Waals surface area (Å²) in [5.74, 6) is 0.0564. The molecule has 0 atom stereocenters. The lowest BCUT2D eigenvalue weighted by molar-refractivity contribution is 0.131. The zero-order chi connectivity index (χ0) is 10.1. The number of halogens is 1. The van der Waals surface area contributed by atoms with E-state index in [9.17, 15) is 4.39 Å². The van der Waals surface area contributed by atoms with Gasteiger partial charge in [-0.25, -0.2) is 4.39 Å². The second-order valence-corrected chi connectivity index (χ2v) is 3.90. The van der Waals surface area contributed by atoms with Crippen LogP contribution in [-0.2, 0) is 0 Å². The van der Waals surface area contributed by atoms with Gasteiger partial charge in [0.25, 0.3) is 0 Å². The summed E-state index contributed by atoms with van der Waals surface area (Å²) in [7, 11) is 0. The standard InChI is InChI=1S/C10H14FNO/c1-10(2,3)13-9-6-7(11)4-5-8(9)12/h4-6H,12H2,1-3H3. The van der Waals surface area contributed by atoms with Crippen LogP contribution in [0.2, 0.25) is 0 Å². The van der Waals surface area contributed by atoms with Crippen molar-refractivity contribution in [3.63, 3.8) is 0 Å². The van der Waals surface area contributed by atoms with Gasteiger partial charge < -0.3 is 10.5 Å². The van der Waals surface area contributed by atoms with Crippen molar-refractivity contribution in [3.8, 4) is 5.75 Å². The van der Waals surface area contributed by atoms with Gasteiger partial charge in [-0.15, -0.1) is 0 Å². The first-order valence-corrected chi connectivity index (χ1v) is 4.12. The van der Waals surface area contributed by atoms with Crippen LogP contribution in [-0.4, -0.2) is 5.60 Å². The Bertz CT molecular complexity index is 304. The van der Waals surface area contributed by atoms with Crippen LogP contribution in [0.1, 0.15) is 20.8 Å². The Labute approximate surface area is 77.5 Å². The van der Waals surface area contributed by atoms with Crippen molar-refractivity contribution >= 4 is 5.69 Å². The molecule has 3 heteroatoms. The minimum atomic E-state index is -0.359. The first kappa shape index (κ1) is 9.84. The Balaban J connectivity index is 2.94. The second kappa shape index (κ2) is 3.24. The van der Waals surface area contributed by atoms with Crippen LogP contribution in [0.15, 0.2) is 18.2 Å². The molecule has 1 aromatic rings. The normalized spacial score (nSPS) is 11.4. The van der Waals surface area contributed by atoms with Crippen molar-refractivity contribution in [1.29, 1.82) is 0 Å². The number of benzene rings is 1. The Hall–Kier alpha value is -1.25. The van der Waals surface area contributed by atoms with Crippen molar-refractivity contribution in [2.45, 2.75) is 26.4 Å². The van der Waals surface area contributed by atoms with Crippen molar-refractivity contribution in [3.05, 3.63) is 24.0 Å². The molecule has 0 aromatic heterocycles. The van der Waals surface area contributed by atoms with Crippen molar-refractivity contribution < 1.29 is 9.13 Å². The summed E-state index contributed by atoms with van der Waals surface area (Å²) in [6.45, 7) is 5.66. The summed E-state index contributed by atoms with van der Waals surface area (Å²) in [6.07, 6.45) is 0. The van der Waals surface area contributed by atoms with E-state index in [2.05, 4.69) is 0 Å². The summed E-state index contributed by atoms with van der Waals surface area (Å²) in [5, 5.41) is 0. The van der Waals surface area contributed by atoms with Gasteiger partial charge in [0.1, 0.15) is 17.2 Å². The average Bonchev–Trinajstić information content (AvgIpc) is 1.94. The minimum absolute atomic E-state index is 0.339. The summed E-state index contributed by atoms with van der Waals surface area (Å²) in [5.41, 5.74) is 5.70. The maximum Gasteiger partial charge on any atom is 0.145 e. The topological polar surface area (TPSA) is 35.2 Å². The molecule has 2 N–H and O–H groups in total. The molecule has 2 nitrogen and oxygen atoms in total. The van der Waals surface area contributed by atoms with Crippen LogP contribution >= 0.6 is 0 Å². The van der Waals surface area contributed by atoms with E-state index in [0.29, 0.717) is 11.4 Å². The van der Waals surface area contributed by atoms with Gasteiger partial charge in [-0.2, -0.15) is 0 Å². The number of nitrogens with two attached hydrogens (primary N) is 1. The van der Waals surface area contributed by atoms with Gasteiger partial charge >= 0.3 is 0 Å². The van der Waals surface area contributed by atoms with Crippen LogP contribution < -0.4 is 10.5 Å². The molecule has 0 radical (unpaired) electrons. The zero-order valence-corrected chi connectivity index (χ0v) is 8.10. The van der Waals surface area contributed by atoms with Crippen molar-refractivity contribution in [1.82, 2.24) is 0 Å². The van der Waals surface area contributed by atoms with E-state index < -0.39 is 0 Å². The Morgan fingerprint density at radius 2 is 1.92 bits per heavy atom. The number of hydrogen-bond acceptors (Lipinski definition) is 2. The predicted octanol–water partition coefficient (Wildman–Crippen LogP) is 2.59. The molecule has 0 unspecified atom stereocenters. The molecule has 0 spiro atoms. The summed E-state index contributed by atoms with van der Waals surface area (Å²) < 4.78 is 18.2. The quantitative estimate of drug-likeness (QED) is 0.679. The summed E-state index contributed by atoms with van der Waals surface area (Å²) in [4.78, 5) is 0. The molecule has 13 heavy (non-hydrogen) atoms. The van der Waals surface area contributed by atoms with Crippen LogP contribution in [0.4, 0.5) is 10.1 Å². The SMILES string of the molecule is CC(C)(C)Oc1cc(F)ccc1N. The van der Waals surface area contributed by atoms with E-state index in [-0.39, 0.29) is 11.4 Å². The predicted molar refractivity (Wildman–Crippen MR) is 51.2 cm³/mol. The average molecular weight is 183 g/mol. The fourth-order valence-corrected chi connectivity index (χ4v) is 0.926. The molecule has 0 amide bonds. The smallest absolute Gasteiger partial charge is 0.145 e. The van der Waals surface area contributed by atoms with Crippen molar-refractivity contribution in [2.24, 2.45) is 0 Å². The molecule has 0 heterocycles. The van der Waals surface area contributed by atoms with Gasteiger partial charge in [0.05, 0.1) is 5.69 Å². The fraction of sp³-hybridized carbons (Fsp3) is 0.400. The van der Waals surface area contributed by atoms with Gasteiger partial charge in [0.15, 0.2) is 0 Å². The second-order valence-electron chi connectivity index (χ2n) is 3.90. The number of anilines is 1. The van der Waals surface area contributed by atoms with E-state index in [4.69, 9.17) is 10.5 Å².